The number of benzene rings is 1. The third kappa shape index (κ3) is 5.08. The van der Waals surface area contributed by atoms with Crippen molar-refractivity contribution in [2.45, 2.75) is 25.8 Å². The summed E-state index contributed by atoms with van der Waals surface area (Å²) in [4.78, 5) is 34.3. The van der Waals surface area contributed by atoms with Gasteiger partial charge in [0.15, 0.2) is 6.61 Å². The Balaban J connectivity index is 1.74. The quantitative estimate of drug-likeness (QED) is 0.771. The van der Waals surface area contributed by atoms with E-state index in [1.54, 1.807) is 31.2 Å². The second-order valence-corrected chi connectivity index (χ2v) is 4.83. The smallest absolute Gasteiger partial charge is 0.338 e. The maximum absolute atomic E-state index is 11.5. The first-order valence-corrected chi connectivity index (χ1v) is 7.09. The lowest BCUT2D eigenvalue weighted by Crippen LogP contribution is -2.42. The maximum Gasteiger partial charge on any atom is 0.338 e. The lowest BCUT2D eigenvalue weighted by molar-refractivity contribution is -0.122. The normalized spacial score (nSPS) is 13.1. The summed E-state index contributed by atoms with van der Waals surface area (Å²) in [5, 5.41) is 4.82. The Morgan fingerprint density at radius 2 is 1.86 bits per heavy atom. The summed E-state index contributed by atoms with van der Waals surface area (Å²) in [6, 6.07) is 5.89. The molecule has 3 amide bonds. The molecule has 0 bridgehead atoms. The zero-order chi connectivity index (χ0) is 15.9. The van der Waals surface area contributed by atoms with Crippen LogP contribution in [0.15, 0.2) is 24.3 Å². The van der Waals surface area contributed by atoms with Crippen LogP contribution in [-0.2, 0) is 9.53 Å². The molecule has 0 aromatic heterocycles. The van der Waals surface area contributed by atoms with E-state index in [9.17, 15) is 14.4 Å². The third-order valence-corrected chi connectivity index (χ3v) is 2.90. The molecule has 0 unspecified atom stereocenters. The van der Waals surface area contributed by atoms with E-state index in [2.05, 4.69) is 10.6 Å². The second kappa shape index (κ2) is 7.44. The largest absolute Gasteiger partial charge is 0.484 e. The first-order chi connectivity index (χ1) is 10.6. The molecule has 1 aromatic carbocycles. The average Bonchev–Trinajstić information content (AvgIpc) is 3.29. The Morgan fingerprint density at radius 3 is 2.45 bits per heavy atom. The summed E-state index contributed by atoms with van der Waals surface area (Å²) in [5.74, 6) is -0.526. The van der Waals surface area contributed by atoms with Crippen LogP contribution in [-0.4, -0.2) is 37.2 Å². The van der Waals surface area contributed by atoms with Crippen LogP contribution in [0, 0.1) is 0 Å². The highest BCUT2D eigenvalue weighted by atomic mass is 16.5. The van der Waals surface area contributed by atoms with Crippen LogP contribution in [0.3, 0.4) is 0 Å². The predicted octanol–water partition coefficient (Wildman–Crippen LogP) is 1.23. The molecule has 0 atom stereocenters. The highest BCUT2D eigenvalue weighted by Crippen LogP contribution is 2.18. The molecule has 7 heteroatoms. The first-order valence-electron chi connectivity index (χ1n) is 7.09. The molecule has 1 saturated carbocycles. The number of ether oxygens (including phenoxy) is 2. The molecule has 7 nitrogen and oxygen atoms in total. The minimum atomic E-state index is -0.535. The van der Waals surface area contributed by atoms with Crippen LogP contribution in [0.4, 0.5) is 4.79 Å². The molecule has 0 heterocycles. The van der Waals surface area contributed by atoms with Crippen LogP contribution >= 0.6 is 0 Å². The fourth-order valence-electron chi connectivity index (χ4n) is 1.66. The van der Waals surface area contributed by atoms with Crippen LogP contribution in [0.25, 0.3) is 0 Å². The maximum atomic E-state index is 11.5. The zero-order valence-electron chi connectivity index (χ0n) is 12.3. The molecule has 1 fully saturated rings. The van der Waals surface area contributed by atoms with Crippen molar-refractivity contribution >= 4 is 17.9 Å². The Hall–Kier alpha value is -2.57. The Labute approximate surface area is 128 Å². The summed E-state index contributed by atoms with van der Waals surface area (Å²) < 4.78 is 10.1. The molecule has 0 spiro atoms. The molecule has 0 aliphatic heterocycles. The highest BCUT2D eigenvalue weighted by Gasteiger charge is 2.23. The van der Waals surface area contributed by atoms with E-state index in [0.717, 1.165) is 12.8 Å². The number of carbonyl (C=O) groups is 3. The third-order valence-electron chi connectivity index (χ3n) is 2.90. The fraction of sp³-hybridized carbons (Fsp3) is 0.400. The summed E-state index contributed by atoms with van der Waals surface area (Å²) in [5.41, 5.74) is 0.405. The Kier molecular flexibility index (Phi) is 5.35. The molecule has 22 heavy (non-hydrogen) atoms. The van der Waals surface area contributed by atoms with Crippen molar-refractivity contribution < 1.29 is 23.9 Å². The van der Waals surface area contributed by atoms with Gasteiger partial charge in [0.25, 0.3) is 5.91 Å². The van der Waals surface area contributed by atoms with Gasteiger partial charge >= 0.3 is 12.0 Å². The number of carbonyl (C=O) groups excluding carboxylic acids is 3. The van der Waals surface area contributed by atoms with E-state index in [4.69, 9.17) is 9.47 Å². The summed E-state index contributed by atoms with van der Waals surface area (Å²) >= 11 is 0. The van der Waals surface area contributed by atoms with Crippen LogP contribution < -0.4 is 15.4 Å². The van der Waals surface area contributed by atoms with Crippen molar-refractivity contribution in [3.63, 3.8) is 0 Å². The lowest BCUT2D eigenvalue weighted by Gasteiger charge is -2.08. The number of hydrogen-bond donors (Lipinski definition) is 2. The van der Waals surface area contributed by atoms with Crippen molar-refractivity contribution in [2.75, 3.05) is 13.2 Å². The summed E-state index contributed by atoms with van der Waals surface area (Å²) in [6.07, 6.45) is 1.90. The second-order valence-electron chi connectivity index (χ2n) is 4.83. The SMILES string of the molecule is CCOC(=O)c1ccc(OCC(=O)NC(=O)NC2CC2)cc1. The van der Waals surface area contributed by atoms with Gasteiger partial charge in [0.05, 0.1) is 12.2 Å². The van der Waals surface area contributed by atoms with Gasteiger partial charge in [-0.15, -0.1) is 0 Å². The number of urea groups is 1. The van der Waals surface area contributed by atoms with Gasteiger partial charge in [-0.05, 0) is 44.0 Å². The van der Waals surface area contributed by atoms with E-state index in [0.29, 0.717) is 17.9 Å². The van der Waals surface area contributed by atoms with Gasteiger partial charge in [0.1, 0.15) is 5.75 Å². The van der Waals surface area contributed by atoms with Gasteiger partial charge in [-0.1, -0.05) is 0 Å². The van der Waals surface area contributed by atoms with Crippen molar-refractivity contribution in [3.8, 4) is 5.75 Å². The van der Waals surface area contributed by atoms with Gasteiger partial charge in [0.2, 0.25) is 0 Å². The molecular weight excluding hydrogens is 288 g/mol. The zero-order valence-corrected chi connectivity index (χ0v) is 12.3. The van der Waals surface area contributed by atoms with Crippen molar-refractivity contribution in [1.82, 2.24) is 10.6 Å². The van der Waals surface area contributed by atoms with Gasteiger partial charge < -0.3 is 14.8 Å². The van der Waals surface area contributed by atoms with Gasteiger partial charge in [-0.3, -0.25) is 10.1 Å². The van der Waals surface area contributed by atoms with E-state index >= 15 is 0 Å². The standard InChI is InChI=1S/C15H18N2O5/c1-2-21-14(19)10-3-7-12(8-4-10)22-9-13(18)17-15(20)16-11-5-6-11/h3-4,7-8,11H,2,5-6,9H2,1H3,(H2,16,17,18,20). The van der Waals surface area contributed by atoms with Gasteiger partial charge in [-0.2, -0.15) is 0 Å². The topological polar surface area (TPSA) is 93.7 Å². The number of imide groups is 1. The lowest BCUT2D eigenvalue weighted by atomic mass is 10.2. The molecular formula is C15H18N2O5. The van der Waals surface area contributed by atoms with E-state index < -0.39 is 17.9 Å². The fourth-order valence-corrected chi connectivity index (χ4v) is 1.66. The molecule has 1 aliphatic rings. The number of nitrogens with one attached hydrogen (secondary N) is 2. The summed E-state index contributed by atoms with van der Waals surface area (Å²) in [7, 11) is 0. The molecule has 118 valence electrons. The minimum absolute atomic E-state index is 0.184. The highest BCUT2D eigenvalue weighted by molar-refractivity contribution is 5.95. The molecule has 0 saturated heterocycles. The molecule has 2 N–H and O–H groups in total. The van der Waals surface area contributed by atoms with Crippen LogP contribution in [0.1, 0.15) is 30.1 Å². The molecule has 1 aromatic rings. The average molecular weight is 306 g/mol. The predicted molar refractivity (Wildman–Crippen MR) is 77.6 cm³/mol. The minimum Gasteiger partial charge on any atom is -0.484 e. The Bertz CT molecular complexity index is 552. The van der Waals surface area contributed by atoms with Gasteiger partial charge in [0, 0.05) is 6.04 Å². The van der Waals surface area contributed by atoms with Gasteiger partial charge in [-0.25, -0.2) is 9.59 Å². The van der Waals surface area contributed by atoms with E-state index in [1.165, 1.54) is 0 Å². The van der Waals surface area contributed by atoms with Crippen molar-refractivity contribution in [3.05, 3.63) is 29.8 Å². The molecule has 0 radical (unpaired) electrons. The van der Waals surface area contributed by atoms with Crippen LogP contribution in [0.5, 0.6) is 5.75 Å². The number of hydrogen-bond acceptors (Lipinski definition) is 5. The monoisotopic (exact) mass is 306 g/mol. The van der Waals surface area contributed by atoms with Crippen molar-refractivity contribution in [1.29, 1.82) is 0 Å². The van der Waals surface area contributed by atoms with E-state index in [-0.39, 0.29) is 12.6 Å². The molecule has 2 rings (SSSR count). The number of amides is 3. The molecule has 1 aliphatic carbocycles. The van der Waals surface area contributed by atoms with Crippen molar-refractivity contribution in [2.24, 2.45) is 0 Å². The first kappa shape index (κ1) is 15.8. The van der Waals surface area contributed by atoms with Crippen LogP contribution in [0.2, 0.25) is 0 Å². The number of esters is 1. The summed E-state index contributed by atoms with van der Waals surface area (Å²) in [6.45, 7) is 1.75. The number of rotatable bonds is 6. The Morgan fingerprint density at radius 1 is 1.18 bits per heavy atom. The van der Waals surface area contributed by atoms with E-state index in [1.807, 2.05) is 0 Å².